The summed E-state index contributed by atoms with van der Waals surface area (Å²) in [6.07, 6.45) is 0. The standard InChI is InChI=1S/C21H17NO2/c1-15-7-5-6-10-19(15)21(24)22-18-13-11-17(12-14-18)20(23)16-8-3-2-4-9-16/h2-14H,1H3,(H,22,24). The van der Waals surface area contributed by atoms with Gasteiger partial charge in [0, 0.05) is 22.4 Å². The second-order valence-corrected chi connectivity index (χ2v) is 5.54. The molecule has 3 heteroatoms. The third-order valence-electron chi connectivity index (χ3n) is 3.83. The van der Waals surface area contributed by atoms with Crippen LogP contribution in [0.25, 0.3) is 0 Å². The third-order valence-corrected chi connectivity index (χ3v) is 3.83. The summed E-state index contributed by atoms with van der Waals surface area (Å²) in [6, 6.07) is 23.5. The lowest BCUT2D eigenvalue weighted by molar-refractivity contribution is 0.102. The minimum absolute atomic E-state index is 0.0348. The molecule has 0 saturated heterocycles. The van der Waals surface area contributed by atoms with Gasteiger partial charge >= 0.3 is 0 Å². The van der Waals surface area contributed by atoms with Crippen molar-refractivity contribution in [2.75, 3.05) is 5.32 Å². The minimum Gasteiger partial charge on any atom is -0.322 e. The minimum atomic E-state index is -0.157. The molecule has 118 valence electrons. The van der Waals surface area contributed by atoms with Crippen molar-refractivity contribution in [3.8, 4) is 0 Å². The van der Waals surface area contributed by atoms with E-state index in [-0.39, 0.29) is 11.7 Å². The first-order chi connectivity index (χ1) is 11.6. The quantitative estimate of drug-likeness (QED) is 0.722. The van der Waals surface area contributed by atoms with Gasteiger partial charge in [0.25, 0.3) is 5.91 Å². The third kappa shape index (κ3) is 3.41. The normalized spacial score (nSPS) is 10.2. The van der Waals surface area contributed by atoms with Crippen LogP contribution in [0.3, 0.4) is 0 Å². The molecule has 3 nitrogen and oxygen atoms in total. The first kappa shape index (κ1) is 15.7. The molecule has 1 amide bonds. The van der Waals surface area contributed by atoms with Crippen LogP contribution in [0.2, 0.25) is 0 Å². The molecule has 0 aliphatic heterocycles. The van der Waals surface area contributed by atoms with Crippen LogP contribution >= 0.6 is 0 Å². The fourth-order valence-corrected chi connectivity index (χ4v) is 2.49. The van der Waals surface area contributed by atoms with E-state index >= 15 is 0 Å². The number of rotatable bonds is 4. The summed E-state index contributed by atoms with van der Waals surface area (Å²) in [5, 5.41) is 2.85. The molecule has 0 heterocycles. The predicted octanol–water partition coefficient (Wildman–Crippen LogP) is 4.48. The molecule has 3 aromatic rings. The Morgan fingerprint density at radius 2 is 1.29 bits per heavy atom. The highest BCUT2D eigenvalue weighted by Gasteiger charge is 2.10. The van der Waals surface area contributed by atoms with Gasteiger partial charge in [0.15, 0.2) is 5.78 Å². The summed E-state index contributed by atoms with van der Waals surface area (Å²) in [5.74, 6) is -0.192. The topological polar surface area (TPSA) is 46.2 Å². The highest BCUT2D eigenvalue weighted by molar-refractivity contribution is 6.09. The molecule has 0 aliphatic rings. The van der Waals surface area contributed by atoms with E-state index in [1.165, 1.54) is 0 Å². The van der Waals surface area contributed by atoms with Gasteiger partial charge in [-0.05, 0) is 42.8 Å². The van der Waals surface area contributed by atoms with Crippen molar-refractivity contribution < 1.29 is 9.59 Å². The van der Waals surface area contributed by atoms with Gasteiger partial charge in [-0.2, -0.15) is 0 Å². The summed E-state index contributed by atoms with van der Waals surface area (Å²) >= 11 is 0. The SMILES string of the molecule is Cc1ccccc1C(=O)Nc1ccc(C(=O)c2ccccc2)cc1. The van der Waals surface area contributed by atoms with Crippen LogP contribution in [0.4, 0.5) is 5.69 Å². The van der Waals surface area contributed by atoms with E-state index in [2.05, 4.69) is 5.32 Å². The molecule has 0 bridgehead atoms. The largest absolute Gasteiger partial charge is 0.322 e. The van der Waals surface area contributed by atoms with Gasteiger partial charge in [-0.1, -0.05) is 48.5 Å². The van der Waals surface area contributed by atoms with Crippen molar-refractivity contribution >= 4 is 17.4 Å². The molecule has 3 aromatic carbocycles. The van der Waals surface area contributed by atoms with Gasteiger partial charge < -0.3 is 5.32 Å². The van der Waals surface area contributed by atoms with Crippen molar-refractivity contribution in [2.45, 2.75) is 6.92 Å². The van der Waals surface area contributed by atoms with E-state index in [0.717, 1.165) is 5.56 Å². The van der Waals surface area contributed by atoms with Crippen LogP contribution < -0.4 is 5.32 Å². The molecule has 0 aliphatic carbocycles. The fourth-order valence-electron chi connectivity index (χ4n) is 2.49. The lowest BCUT2D eigenvalue weighted by Crippen LogP contribution is -2.13. The molecule has 1 N–H and O–H groups in total. The molecule has 0 unspecified atom stereocenters. The maximum atomic E-state index is 12.4. The van der Waals surface area contributed by atoms with Gasteiger partial charge in [-0.15, -0.1) is 0 Å². The lowest BCUT2D eigenvalue weighted by atomic mass is 10.0. The van der Waals surface area contributed by atoms with E-state index in [9.17, 15) is 9.59 Å². The number of aryl methyl sites for hydroxylation is 1. The number of benzene rings is 3. The number of carbonyl (C=O) groups is 2. The highest BCUT2D eigenvalue weighted by atomic mass is 16.1. The Balaban J connectivity index is 1.74. The number of hydrogen-bond donors (Lipinski definition) is 1. The molecule has 0 radical (unpaired) electrons. The highest BCUT2D eigenvalue weighted by Crippen LogP contribution is 2.16. The Morgan fingerprint density at radius 1 is 0.708 bits per heavy atom. The Labute approximate surface area is 141 Å². The van der Waals surface area contributed by atoms with Gasteiger partial charge in [-0.25, -0.2) is 0 Å². The number of carbonyl (C=O) groups excluding carboxylic acids is 2. The van der Waals surface area contributed by atoms with Crippen LogP contribution in [0, 0.1) is 6.92 Å². The number of ketones is 1. The second kappa shape index (κ2) is 6.92. The number of hydrogen-bond acceptors (Lipinski definition) is 2. The smallest absolute Gasteiger partial charge is 0.255 e. The summed E-state index contributed by atoms with van der Waals surface area (Å²) in [4.78, 5) is 24.7. The van der Waals surface area contributed by atoms with E-state index in [4.69, 9.17) is 0 Å². The molecule has 0 fully saturated rings. The molecule has 0 atom stereocenters. The van der Waals surface area contributed by atoms with Crippen LogP contribution in [0.5, 0.6) is 0 Å². The summed E-state index contributed by atoms with van der Waals surface area (Å²) in [7, 11) is 0. The summed E-state index contributed by atoms with van der Waals surface area (Å²) < 4.78 is 0. The zero-order chi connectivity index (χ0) is 16.9. The van der Waals surface area contributed by atoms with E-state index in [1.807, 2.05) is 43.3 Å². The maximum Gasteiger partial charge on any atom is 0.255 e. The predicted molar refractivity (Wildman–Crippen MR) is 95.4 cm³/mol. The molecule has 0 spiro atoms. The fraction of sp³-hybridized carbons (Fsp3) is 0.0476. The Kier molecular flexibility index (Phi) is 4.52. The Bertz CT molecular complexity index is 868. The molecular formula is C21H17NO2. The Morgan fingerprint density at radius 3 is 1.96 bits per heavy atom. The van der Waals surface area contributed by atoms with Crippen LogP contribution in [-0.4, -0.2) is 11.7 Å². The van der Waals surface area contributed by atoms with Crippen molar-refractivity contribution in [3.05, 3.63) is 101 Å². The van der Waals surface area contributed by atoms with Gasteiger partial charge in [-0.3, -0.25) is 9.59 Å². The Hall–Kier alpha value is -3.20. The van der Waals surface area contributed by atoms with Gasteiger partial charge in [0.1, 0.15) is 0 Å². The molecule has 0 aromatic heterocycles. The van der Waals surface area contributed by atoms with Crippen molar-refractivity contribution in [1.82, 2.24) is 0 Å². The number of anilines is 1. The zero-order valence-corrected chi connectivity index (χ0v) is 13.3. The molecule has 3 rings (SSSR count). The molecule has 0 saturated carbocycles. The van der Waals surface area contributed by atoms with E-state index in [0.29, 0.717) is 22.4 Å². The maximum absolute atomic E-state index is 12.4. The average Bonchev–Trinajstić information content (AvgIpc) is 2.63. The average molecular weight is 315 g/mol. The van der Waals surface area contributed by atoms with Crippen molar-refractivity contribution in [2.24, 2.45) is 0 Å². The van der Waals surface area contributed by atoms with Crippen LogP contribution in [-0.2, 0) is 0 Å². The van der Waals surface area contributed by atoms with Gasteiger partial charge in [0.05, 0.1) is 0 Å². The first-order valence-electron chi connectivity index (χ1n) is 7.72. The second-order valence-electron chi connectivity index (χ2n) is 5.54. The van der Waals surface area contributed by atoms with Crippen LogP contribution in [0.15, 0.2) is 78.9 Å². The van der Waals surface area contributed by atoms with Crippen molar-refractivity contribution in [1.29, 1.82) is 0 Å². The van der Waals surface area contributed by atoms with Crippen molar-refractivity contribution in [3.63, 3.8) is 0 Å². The summed E-state index contributed by atoms with van der Waals surface area (Å²) in [5.41, 5.74) is 3.46. The first-order valence-corrected chi connectivity index (χ1v) is 7.72. The molecular weight excluding hydrogens is 298 g/mol. The lowest BCUT2D eigenvalue weighted by Gasteiger charge is -2.08. The zero-order valence-electron chi connectivity index (χ0n) is 13.3. The molecule has 24 heavy (non-hydrogen) atoms. The number of amides is 1. The van der Waals surface area contributed by atoms with Crippen LogP contribution in [0.1, 0.15) is 31.8 Å². The van der Waals surface area contributed by atoms with E-state index < -0.39 is 0 Å². The van der Waals surface area contributed by atoms with Gasteiger partial charge in [0.2, 0.25) is 0 Å². The monoisotopic (exact) mass is 315 g/mol. The number of nitrogens with one attached hydrogen (secondary N) is 1. The van der Waals surface area contributed by atoms with E-state index in [1.54, 1.807) is 42.5 Å². The summed E-state index contributed by atoms with van der Waals surface area (Å²) in [6.45, 7) is 1.90.